The molecule has 0 amide bonds. The molecule has 0 atom stereocenters. The van der Waals surface area contributed by atoms with Gasteiger partial charge < -0.3 is 0 Å². The Kier molecular flexibility index (Phi) is 4.43. The molecule has 0 fully saturated rings. The van der Waals surface area contributed by atoms with Crippen LogP contribution in [0.25, 0.3) is 0 Å². The van der Waals surface area contributed by atoms with E-state index in [2.05, 4.69) is 15.9 Å². The van der Waals surface area contributed by atoms with Crippen LogP contribution in [0.1, 0.15) is 12.5 Å². The molecule has 0 unspecified atom stereocenters. The lowest BCUT2D eigenvalue weighted by Gasteiger charge is -2.10. The fourth-order valence-corrected chi connectivity index (χ4v) is 2.38. The zero-order valence-electron chi connectivity index (χ0n) is 8.27. The molecule has 0 aliphatic heterocycles. The quantitative estimate of drug-likeness (QED) is 0.778. The largest absolute Gasteiger partial charge is 0.446 e. The average molecular weight is 313 g/mol. The first kappa shape index (κ1) is 13.6. The summed E-state index contributed by atoms with van der Waals surface area (Å²) in [7, 11) is 0. The minimum Gasteiger partial charge on any atom is -0.300 e. The van der Waals surface area contributed by atoms with Crippen molar-refractivity contribution in [3.05, 3.63) is 28.2 Å². The number of ketones is 1. The highest BCUT2D eigenvalue weighted by molar-refractivity contribution is 9.10. The van der Waals surface area contributed by atoms with E-state index in [-0.39, 0.29) is 28.9 Å². The Morgan fingerprint density at radius 1 is 1.44 bits per heavy atom. The first-order valence-electron chi connectivity index (χ1n) is 4.31. The number of hydrogen-bond acceptors (Lipinski definition) is 2. The third kappa shape index (κ3) is 4.57. The molecule has 0 saturated heterocycles. The van der Waals surface area contributed by atoms with Crippen LogP contribution in [-0.2, 0) is 11.2 Å². The second kappa shape index (κ2) is 5.23. The van der Waals surface area contributed by atoms with E-state index in [1.165, 1.54) is 19.1 Å². The van der Waals surface area contributed by atoms with Gasteiger partial charge in [0.25, 0.3) is 0 Å². The van der Waals surface area contributed by atoms with E-state index in [4.69, 9.17) is 0 Å². The molecular weight excluding hydrogens is 305 g/mol. The van der Waals surface area contributed by atoms with Gasteiger partial charge in [-0.3, -0.25) is 4.79 Å². The molecule has 6 heteroatoms. The molecule has 0 aromatic heterocycles. The molecule has 1 aromatic carbocycles. The monoisotopic (exact) mass is 312 g/mol. The van der Waals surface area contributed by atoms with Gasteiger partial charge in [0, 0.05) is 15.8 Å². The SMILES string of the molecule is CC(=O)Cc1ccc(Br)cc1SC(F)(F)F. The van der Waals surface area contributed by atoms with E-state index in [9.17, 15) is 18.0 Å². The summed E-state index contributed by atoms with van der Waals surface area (Å²) in [5, 5.41) is 0. The van der Waals surface area contributed by atoms with Crippen molar-refractivity contribution in [1.82, 2.24) is 0 Å². The van der Waals surface area contributed by atoms with Gasteiger partial charge in [-0.2, -0.15) is 13.2 Å². The molecular formula is C10H8BrF3OS. The maximum Gasteiger partial charge on any atom is 0.446 e. The Bertz CT molecular complexity index is 404. The minimum atomic E-state index is -4.34. The smallest absolute Gasteiger partial charge is 0.300 e. The van der Waals surface area contributed by atoms with Crippen LogP contribution >= 0.6 is 27.7 Å². The Balaban J connectivity index is 3.03. The molecule has 0 spiro atoms. The van der Waals surface area contributed by atoms with Crippen LogP contribution in [0.5, 0.6) is 0 Å². The van der Waals surface area contributed by atoms with Crippen molar-refractivity contribution in [1.29, 1.82) is 0 Å². The number of carbonyl (C=O) groups excluding carboxylic acids is 1. The minimum absolute atomic E-state index is 0.0195. The van der Waals surface area contributed by atoms with E-state index in [1.54, 1.807) is 6.07 Å². The number of thioether (sulfide) groups is 1. The van der Waals surface area contributed by atoms with Crippen LogP contribution in [-0.4, -0.2) is 11.3 Å². The highest BCUT2D eigenvalue weighted by Gasteiger charge is 2.30. The number of benzene rings is 1. The highest BCUT2D eigenvalue weighted by atomic mass is 79.9. The van der Waals surface area contributed by atoms with Crippen molar-refractivity contribution in [2.75, 3.05) is 0 Å². The number of halogens is 4. The van der Waals surface area contributed by atoms with Gasteiger partial charge in [-0.05, 0) is 36.4 Å². The van der Waals surface area contributed by atoms with Crippen molar-refractivity contribution in [2.24, 2.45) is 0 Å². The summed E-state index contributed by atoms with van der Waals surface area (Å²) in [4.78, 5) is 11.0. The van der Waals surface area contributed by atoms with E-state index in [0.717, 1.165) is 0 Å². The summed E-state index contributed by atoms with van der Waals surface area (Å²) >= 11 is 2.91. The third-order valence-electron chi connectivity index (χ3n) is 1.69. The molecule has 0 N–H and O–H groups in total. The molecule has 1 nitrogen and oxygen atoms in total. The molecule has 0 aliphatic rings. The lowest BCUT2D eigenvalue weighted by atomic mass is 10.1. The molecule has 0 saturated carbocycles. The van der Waals surface area contributed by atoms with Crippen LogP contribution in [0, 0.1) is 0 Å². The van der Waals surface area contributed by atoms with Gasteiger partial charge in [0.05, 0.1) is 0 Å². The first-order chi connectivity index (χ1) is 7.28. The predicted molar refractivity (Wildman–Crippen MR) is 60.4 cm³/mol. The molecule has 0 radical (unpaired) electrons. The van der Waals surface area contributed by atoms with Crippen molar-refractivity contribution in [2.45, 2.75) is 23.7 Å². The second-order valence-corrected chi connectivity index (χ2v) is 5.20. The maximum atomic E-state index is 12.3. The Morgan fingerprint density at radius 3 is 2.56 bits per heavy atom. The van der Waals surface area contributed by atoms with Gasteiger partial charge >= 0.3 is 5.51 Å². The Morgan fingerprint density at radius 2 is 2.06 bits per heavy atom. The topological polar surface area (TPSA) is 17.1 Å². The molecule has 16 heavy (non-hydrogen) atoms. The van der Waals surface area contributed by atoms with Crippen LogP contribution in [0.4, 0.5) is 13.2 Å². The highest BCUT2D eigenvalue weighted by Crippen LogP contribution is 2.39. The zero-order valence-corrected chi connectivity index (χ0v) is 10.7. The number of hydrogen-bond donors (Lipinski definition) is 0. The molecule has 88 valence electrons. The van der Waals surface area contributed by atoms with E-state index < -0.39 is 5.51 Å². The predicted octanol–water partition coefficient (Wildman–Crippen LogP) is 4.19. The summed E-state index contributed by atoms with van der Waals surface area (Å²) in [5.74, 6) is -0.161. The fraction of sp³-hybridized carbons (Fsp3) is 0.300. The molecule has 1 aromatic rings. The fourth-order valence-electron chi connectivity index (χ4n) is 1.16. The van der Waals surface area contributed by atoms with Crippen molar-refractivity contribution >= 4 is 33.5 Å². The number of Topliss-reactive ketones (excluding diaryl/α,β-unsaturated/α-hetero) is 1. The number of carbonyl (C=O) groups is 1. The Labute approximate surface area is 104 Å². The molecule has 0 bridgehead atoms. The standard InChI is InChI=1S/C10H8BrF3OS/c1-6(15)4-7-2-3-8(11)5-9(7)16-10(12,13)14/h2-3,5H,4H2,1H3. The van der Waals surface area contributed by atoms with Crippen LogP contribution in [0.15, 0.2) is 27.6 Å². The van der Waals surface area contributed by atoms with Gasteiger partial charge in [-0.1, -0.05) is 22.0 Å². The van der Waals surface area contributed by atoms with Crippen molar-refractivity contribution in [3.8, 4) is 0 Å². The average Bonchev–Trinajstić information content (AvgIpc) is 2.06. The zero-order chi connectivity index (χ0) is 12.3. The Hall–Kier alpha value is -0.490. The summed E-state index contributed by atoms with van der Waals surface area (Å²) in [5.41, 5.74) is -3.94. The van der Waals surface area contributed by atoms with Crippen molar-refractivity contribution < 1.29 is 18.0 Å². The second-order valence-electron chi connectivity index (χ2n) is 3.18. The van der Waals surface area contributed by atoms with Gasteiger partial charge in [0.15, 0.2) is 0 Å². The van der Waals surface area contributed by atoms with Gasteiger partial charge in [-0.15, -0.1) is 0 Å². The van der Waals surface area contributed by atoms with E-state index >= 15 is 0 Å². The summed E-state index contributed by atoms with van der Waals surface area (Å²) in [6, 6.07) is 4.52. The normalized spacial score (nSPS) is 11.6. The molecule has 0 heterocycles. The number of rotatable bonds is 3. The lowest BCUT2D eigenvalue weighted by molar-refractivity contribution is -0.116. The first-order valence-corrected chi connectivity index (χ1v) is 5.92. The van der Waals surface area contributed by atoms with Gasteiger partial charge in [0.1, 0.15) is 5.78 Å². The lowest BCUT2D eigenvalue weighted by Crippen LogP contribution is -2.03. The summed E-state index contributed by atoms with van der Waals surface area (Å²) < 4.78 is 37.3. The van der Waals surface area contributed by atoms with Crippen LogP contribution in [0.2, 0.25) is 0 Å². The summed E-state index contributed by atoms with van der Waals surface area (Å²) in [6.07, 6.45) is 0.0195. The molecule has 1 rings (SSSR count). The third-order valence-corrected chi connectivity index (χ3v) is 3.02. The summed E-state index contributed by atoms with van der Waals surface area (Å²) in [6.45, 7) is 1.35. The number of alkyl halides is 3. The van der Waals surface area contributed by atoms with E-state index in [0.29, 0.717) is 10.0 Å². The van der Waals surface area contributed by atoms with Crippen LogP contribution in [0.3, 0.4) is 0 Å². The van der Waals surface area contributed by atoms with E-state index in [1.807, 2.05) is 0 Å². The maximum absolute atomic E-state index is 12.3. The molecule has 0 aliphatic carbocycles. The van der Waals surface area contributed by atoms with Crippen molar-refractivity contribution in [3.63, 3.8) is 0 Å². The van der Waals surface area contributed by atoms with Gasteiger partial charge in [-0.25, -0.2) is 0 Å². The van der Waals surface area contributed by atoms with Gasteiger partial charge in [0.2, 0.25) is 0 Å². The van der Waals surface area contributed by atoms with Crippen LogP contribution < -0.4 is 0 Å².